The van der Waals surface area contributed by atoms with Crippen molar-refractivity contribution in [2.24, 2.45) is 0 Å². The molecule has 0 amide bonds. The maximum Gasteiger partial charge on any atom is 0.162 e. The third-order valence-electron chi connectivity index (χ3n) is 5.55. The first-order valence-electron chi connectivity index (χ1n) is 9.92. The molecule has 1 atom stereocenters. The summed E-state index contributed by atoms with van der Waals surface area (Å²) in [5, 5.41) is 1.09. The summed E-state index contributed by atoms with van der Waals surface area (Å²) in [4.78, 5) is 14.8. The second-order valence-electron chi connectivity index (χ2n) is 7.47. The molecule has 1 aliphatic heterocycles. The predicted octanol–water partition coefficient (Wildman–Crippen LogP) is 4.62. The molecule has 0 bridgehead atoms. The maximum atomic E-state index is 12.3. The summed E-state index contributed by atoms with van der Waals surface area (Å²) in [6.07, 6.45) is 9.31. The number of ketones is 1. The standard InChI is InChI=1S/C22H31N3O/c1-4-6-16(3)24-12-10-17(11-13-24)20-15-25(23)21-9-8-18(14-19(20)21)22(26)7-5-2/h8-10,14-16H,4-7,11-13,23H2,1-3H3. The molecule has 0 saturated heterocycles. The van der Waals surface area contributed by atoms with Crippen molar-refractivity contribution < 1.29 is 4.79 Å². The van der Waals surface area contributed by atoms with Gasteiger partial charge in [0, 0.05) is 48.3 Å². The third kappa shape index (κ3) is 3.70. The molecule has 0 saturated carbocycles. The number of fused-ring (bicyclic) bond motifs is 1. The van der Waals surface area contributed by atoms with Gasteiger partial charge < -0.3 is 5.84 Å². The van der Waals surface area contributed by atoms with Crippen LogP contribution in [0.2, 0.25) is 0 Å². The Balaban J connectivity index is 1.90. The zero-order valence-corrected chi connectivity index (χ0v) is 16.3. The number of carbonyl (C=O) groups excluding carboxylic acids is 1. The Morgan fingerprint density at radius 1 is 1.27 bits per heavy atom. The van der Waals surface area contributed by atoms with Crippen LogP contribution in [-0.4, -0.2) is 34.5 Å². The van der Waals surface area contributed by atoms with Gasteiger partial charge in [-0.3, -0.25) is 14.4 Å². The normalized spacial score (nSPS) is 16.7. The minimum absolute atomic E-state index is 0.210. The van der Waals surface area contributed by atoms with E-state index in [1.165, 1.54) is 24.0 Å². The van der Waals surface area contributed by atoms with E-state index in [-0.39, 0.29) is 5.78 Å². The van der Waals surface area contributed by atoms with Gasteiger partial charge in [0.1, 0.15) is 0 Å². The lowest BCUT2D eigenvalue weighted by Gasteiger charge is -2.31. The SMILES string of the molecule is CCCC(=O)c1ccc2c(c1)c(C1=CCN(C(C)CCC)CC1)cn2N. The molecule has 0 aliphatic carbocycles. The Bertz CT molecular complexity index is 818. The molecule has 2 heterocycles. The summed E-state index contributed by atoms with van der Waals surface area (Å²) in [5.41, 5.74) is 4.30. The van der Waals surface area contributed by atoms with Gasteiger partial charge in [0.05, 0.1) is 5.52 Å². The molecule has 4 heteroatoms. The van der Waals surface area contributed by atoms with E-state index < -0.39 is 0 Å². The first kappa shape index (κ1) is 18.7. The Morgan fingerprint density at radius 2 is 2.08 bits per heavy atom. The highest BCUT2D eigenvalue weighted by atomic mass is 16.1. The fourth-order valence-corrected chi connectivity index (χ4v) is 3.99. The van der Waals surface area contributed by atoms with Crippen LogP contribution < -0.4 is 5.84 Å². The topological polar surface area (TPSA) is 51.3 Å². The van der Waals surface area contributed by atoms with Gasteiger partial charge in [-0.2, -0.15) is 0 Å². The van der Waals surface area contributed by atoms with E-state index in [1.807, 2.05) is 31.3 Å². The van der Waals surface area contributed by atoms with Crippen LogP contribution in [0.15, 0.2) is 30.5 Å². The Morgan fingerprint density at radius 3 is 2.73 bits per heavy atom. The predicted molar refractivity (Wildman–Crippen MR) is 110 cm³/mol. The molecule has 0 fully saturated rings. The summed E-state index contributed by atoms with van der Waals surface area (Å²) in [7, 11) is 0. The van der Waals surface area contributed by atoms with Crippen molar-refractivity contribution in [3.05, 3.63) is 41.6 Å². The Labute approximate surface area is 156 Å². The number of hydrogen-bond donors (Lipinski definition) is 1. The number of hydrogen-bond acceptors (Lipinski definition) is 3. The quantitative estimate of drug-likeness (QED) is 0.584. The molecule has 0 radical (unpaired) electrons. The molecule has 1 unspecified atom stereocenters. The smallest absolute Gasteiger partial charge is 0.162 e. The first-order valence-corrected chi connectivity index (χ1v) is 9.92. The van der Waals surface area contributed by atoms with Crippen molar-refractivity contribution in [3.63, 3.8) is 0 Å². The van der Waals surface area contributed by atoms with Crippen molar-refractivity contribution in [3.8, 4) is 0 Å². The van der Waals surface area contributed by atoms with E-state index >= 15 is 0 Å². The summed E-state index contributed by atoms with van der Waals surface area (Å²) in [6, 6.07) is 6.53. The molecule has 1 aromatic carbocycles. The average Bonchev–Trinajstić information content (AvgIpc) is 2.98. The molecule has 2 N–H and O–H groups in total. The lowest BCUT2D eigenvalue weighted by atomic mass is 9.96. The maximum absolute atomic E-state index is 12.3. The van der Waals surface area contributed by atoms with Crippen molar-refractivity contribution in [2.45, 2.75) is 58.9 Å². The first-order chi connectivity index (χ1) is 12.5. The van der Waals surface area contributed by atoms with Crippen LogP contribution in [0.3, 0.4) is 0 Å². The minimum atomic E-state index is 0.210. The number of aromatic nitrogens is 1. The van der Waals surface area contributed by atoms with Gasteiger partial charge in [-0.1, -0.05) is 26.3 Å². The monoisotopic (exact) mass is 353 g/mol. The van der Waals surface area contributed by atoms with Crippen LogP contribution in [-0.2, 0) is 0 Å². The van der Waals surface area contributed by atoms with Gasteiger partial charge in [-0.15, -0.1) is 0 Å². The fourth-order valence-electron chi connectivity index (χ4n) is 3.99. The Kier molecular flexibility index (Phi) is 5.82. The van der Waals surface area contributed by atoms with Gasteiger partial charge >= 0.3 is 0 Å². The van der Waals surface area contributed by atoms with Crippen LogP contribution in [0, 0.1) is 0 Å². The van der Waals surface area contributed by atoms with Gasteiger partial charge in [-0.05, 0) is 50.0 Å². The lowest BCUT2D eigenvalue weighted by molar-refractivity contribution is 0.0982. The van der Waals surface area contributed by atoms with Gasteiger partial charge in [-0.25, -0.2) is 0 Å². The van der Waals surface area contributed by atoms with Crippen LogP contribution >= 0.6 is 0 Å². The number of nitrogens with two attached hydrogens (primary N) is 1. The largest absolute Gasteiger partial charge is 0.339 e. The van der Waals surface area contributed by atoms with E-state index in [1.54, 1.807) is 4.68 Å². The average molecular weight is 354 g/mol. The molecule has 4 nitrogen and oxygen atoms in total. The third-order valence-corrected chi connectivity index (χ3v) is 5.55. The van der Waals surface area contributed by atoms with Crippen LogP contribution in [0.4, 0.5) is 0 Å². The summed E-state index contributed by atoms with van der Waals surface area (Å²) < 4.78 is 1.69. The second kappa shape index (κ2) is 8.09. The molecule has 1 aliphatic rings. The van der Waals surface area contributed by atoms with E-state index in [4.69, 9.17) is 5.84 Å². The number of carbonyl (C=O) groups is 1. The van der Waals surface area contributed by atoms with Crippen molar-refractivity contribution in [1.82, 2.24) is 9.58 Å². The van der Waals surface area contributed by atoms with Crippen LogP contribution in [0.25, 0.3) is 16.5 Å². The Hall–Kier alpha value is -2.07. The second-order valence-corrected chi connectivity index (χ2v) is 7.47. The minimum Gasteiger partial charge on any atom is -0.339 e. The van der Waals surface area contributed by atoms with E-state index in [9.17, 15) is 4.79 Å². The molecule has 2 aromatic rings. The number of nitrogens with zero attached hydrogens (tertiary/aromatic N) is 2. The van der Waals surface area contributed by atoms with Crippen molar-refractivity contribution in [2.75, 3.05) is 18.9 Å². The summed E-state index contributed by atoms with van der Waals surface area (Å²) in [5.74, 6) is 6.39. The molecule has 1 aromatic heterocycles. The van der Waals surface area contributed by atoms with Crippen molar-refractivity contribution >= 4 is 22.3 Å². The molecular weight excluding hydrogens is 322 g/mol. The number of benzene rings is 1. The lowest BCUT2D eigenvalue weighted by Crippen LogP contribution is -2.36. The molecule has 140 valence electrons. The molecule has 3 rings (SSSR count). The highest BCUT2D eigenvalue weighted by Crippen LogP contribution is 2.31. The van der Waals surface area contributed by atoms with Crippen LogP contribution in [0.5, 0.6) is 0 Å². The van der Waals surface area contributed by atoms with Crippen LogP contribution in [0.1, 0.15) is 68.8 Å². The zero-order valence-electron chi connectivity index (χ0n) is 16.3. The molecular formula is C22H31N3O. The van der Waals surface area contributed by atoms with E-state index in [0.717, 1.165) is 42.4 Å². The zero-order chi connectivity index (χ0) is 18.7. The highest BCUT2D eigenvalue weighted by molar-refractivity contribution is 6.02. The number of nitrogen functional groups attached to an aromatic ring is 1. The van der Waals surface area contributed by atoms with Gasteiger partial charge in [0.15, 0.2) is 5.78 Å². The number of rotatable bonds is 7. The van der Waals surface area contributed by atoms with Gasteiger partial charge in [0.25, 0.3) is 0 Å². The molecule has 0 spiro atoms. The fraction of sp³-hybridized carbons (Fsp3) is 0.500. The summed E-state index contributed by atoms with van der Waals surface area (Å²) >= 11 is 0. The van der Waals surface area contributed by atoms with Gasteiger partial charge in [0.2, 0.25) is 0 Å². The van der Waals surface area contributed by atoms with E-state index in [0.29, 0.717) is 12.5 Å². The molecule has 26 heavy (non-hydrogen) atoms. The summed E-state index contributed by atoms with van der Waals surface area (Å²) in [6.45, 7) is 8.67. The van der Waals surface area contributed by atoms with E-state index in [2.05, 4.69) is 24.8 Å². The van der Waals surface area contributed by atoms with Crippen molar-refractivity contribution in [1.29, 1.82) is 0 Å². The highest BCUT2D eigenvalue weighted by Gasteiger charge is 2.20. The number of Topliss-reactive ketones (excluding diaryl/α,β-unsaturated/α-hetero) is 1.